The Morgan fingerprint density at radius 3 is 2.16 bits per heavy atom. The summed E-state index contributed by atoms with van der Waals surface area (Å²) in [5.74, 6) is 0.220. The fourth-order valence-corrected chi connectivity index (χ4v) is 3.68. The van der Waals surface area contributed by atoms with Gasteiger partial charge in [-0.25, -0.2) is 18.1 Å². The van der Waals surface area contributed by atoms with Crippen molar-refractivity contribution in [2.45, 2.75) is 32.6 Å². The van der Waals surface area contributed by atoms with Gasteiger partial charge in [0.1, 0.15) is 0 Å². The Bertz CT molecular complexity index is 678. The molecule has 0 bridgehead atoms. The summed E-state index contributed by atoms with van der Waals surface area (Å²) >= 11 is 0. The Balaban J connectivity index is 2.58. The van der Waals surface area contributed by atoms with Crippen molar-refractivity contribution in [3.8, 4) is 0 Å². The van der Waals surface area contributed by atoms with Crippen LogP contribution in [0.2, 0.25) is 0 Å². The van der Waals surface area contributed by atoms with Crippen LogP contribution in [0.5, 0.6) is 0 Å². The molecule has 0 fully saturated rings. The van der Waals surface area contributed by atoms with E-state index in [1.807, 2.05) is 33.8 Å². The van der Waals surface area contributed by atoms with Crippen LogP contribution in [-0.2, 0) is 10.0 Å². The van der Waals surface area contributed by atoms with Crippen molar-refractivity contribution >= 4 is 16.0 Å². The standard InChI is InChI=1S/C13H17N3O2S/c1-8-7-9(2)11(4)12(10(8)3)19(17,18)16-13-14-5-6-15-13/h5-7H,1-4H3,(H2,14,15,16). The molecule has 0 amide bonds. The number of nitrogens with zero attached hydrogens (tertiary/aromatic N) is 1. The normalized spacial score (nSPS) is 11.6. The quantitative estimate of drug-likeness (QED) is 0.906. The smallest absolute Gasteiger partial charge is 0.264 e. The van der Waals surface area contributed by atoms with E-state index in [9.17, 15) is 8.42 Å². The molecule has 0 radical (unpaired) electrons. The number of rotatable bonds is 3. The van der Waals surface area contributed by atoms with Crippen LogP contribution in [0.15, 0.2) is 23.4 Å². The highest BCUT2D eigenvalue weighted by atomic mass is 32.2. The van der Waals surface area contributed by atoms with E-state index in [0.717, 1.165) is 22.3 Å². The molecule has 0 spiro atoms. The molecule has 0 aliphatic carbocycles. The van der Waals surface area contributed by atoms with E-state index in [-0.39, 0.29) is 5.95 Å². The highest BCUT2D eigenvalue weighted by molar-refractivity contribution is 7.92. The molecule has 102 valence electrons. The topological polar surface area (TPSA) is 74.8 Å². The van der Waals surface area contributed by atoms with Crippen LogP contribution in [-0.4, -0.2) is 18.4 Å². The maximum Gasteiger partial charge on any atom is 0.264 e. The summed E-state index contributed by atoms with van der Waals surface area (Å²) in [6.07, 6.45) is 3.07. The first-order chi connectivity index (χ1) is 8.83. The number of anilines is 1. The number of H-pyrrole nitrogens is 1. The van der Waals surface area contributed by atoms with Gasteiger partial charge in [0.25, 0.3) is 10.0 Å². The maximum absolute atomic E-state index is 12.5. The molecule has 0 atom stereocenters. The Kier molecular flexibility index (Phi) is 3.36. The third-order valence-corrected chi connectivity index (χ3v) is 4.91. The van der Waals surface area contributed by atoms with Gasteiger partial charge in [0, 0.05) is 12.4 Å². The maximum atomic E-state index is 12.5. The van der Waals surface area contributed by atoms with Gasteiger partial charge in [-0.15, -0.1) is 0 Å². The lowest BCUT2D eigenvalue weighted by molar-refractivity contribution is 0.599. The van der Waals surface area contributed by atoms with Crippen molar-refractivity contribution in [1.82, 2.24) is 9.97 Å². The van der Waals surface area contributed by atoms with Gasteiger partial charge in [0.15, 0.2) is 0 Å². The molecule has 0 unspecified atom stereocenters. The zero-order chi connectivity index (χ0) is 14.2. The molecule has 0 aliphatic heterocycles. The van der Waals surface area contributed by atoms with Crippen molar-refractivity contribution in [3.05, 3.63) is 40.7 Å². The molecule has 1 aromatic heterocycles. The average Bonchev–Trinajstić information content (AvgIpc) is 2.78. The zero-order valence-corrected chi connectivity index (χ0v) is 12.2. The molecule has 5 nitrogen and oxygen atoms in total. The second-order valence-corrected chi connectivity index (χ2v) is 6.25. The highest BCUT2D eigenvalue weighted by Gasteiger charge is 2.22. The summed E-state index contributed by atoms with van der Waals surface area (Å²) in [5.41, 5.74) is 3.45. The Hall–Kier alpha value is -1.82. The molecule has 0 saturated carbocycles. The summed E-state index contributed by atoms with van der Waals surface area (Å²) in [7, 11) is -3.63. The summed E-state index contributed by atoms with van der Waals surface area (Å²) in [6.45, 7) is 7.46. The Morgan fingerprint density at radius 2 is 1.68 bits per heavy atom. The number of sulfonamides is 1. The number of benzene rings is 1. The van der Waals surface area contributed by atoms with Crippen molar-refractivity contribution in [3.63, 3.8) is 0 Å². The molecule has 0 aliphatic rings. The fraction of sp³-hybridized carbons (Fsp3) is 0.308. The summed E-state index contributed by atoms with van der Waals surface area (Å²) < 4.78 is 27.4. The molecule has 0 saturated heterocycles. The Morgan fingerprint density at radius 1 is 1.11 bits per heavy atom. The predicted molar refractivity (Wildman–Crippen MR) is 74.8 cm³/mol. The number of nitrogens with one attached hydrogen (secondary N) is 2. The molecule has 1 aromatic carbocycles. The lowest BCUT2D eigenvalue weighted by Gasteiger charge is -2.15. The first-order valence-electron chi connectivity index (χ1n) is 5.92. The minimum Gasteiger partial charge on any atom is -0.330 e. The first-order valence-corrected chi connectivity index (χ1v) is 7.41. The van der Waals surface area contributed by atoms with Gasteiger partial charge in [0.05, 0.1) is 4.90 Å². The van der Waals surface area contributed by atoms with Crippen molar-refractivity contribution in [2.75, 3.05) is 4.72 Å². The van der Waals surface area contributed by atoms with Crippen LogP contribution in [0.3, 0.4) is 0 Å². The van der Waals surface area contributed by atoms with Gasteiger partial charge in [-0.3, -0.25) is 0 Å². The van der Waals surface area contributed by atoms with Gasteiger partial charge in [0.2, 0.25) is 5.95 Å². The monoisotopic (exact) mass is 279 g/mol. The number of hydrogen-bond acceptors (Lipinski definition) is 3. The number of hydrogen-bond donors (Lipinski definition) is 2. The van der Waals surface area contributed by atoms with Gasteiger partial charge in [-0.05, 0) is 49.9 Å². The number of aryl methyl sites for hydroxylation is 2. The lowest BCUT2D eigenvalue weighted by Crippen LogP contribution is -2.17. The first kappa shape index (κ1) is 13.6. The van der Waals surface area contributed by atoms with E-state index in [1.54, 1.807) is 6.20 Å². The van der Waals surface area contributed by atoms with Crippen LogP contribution in [0.4, 0.5) is 5.95 Å². The van der Waals surface area contributed by atoms with E-state index in [1.165, 1.54) is 6.20 Å². The minimum atomic E-state index is -3.63. The highest BCUT2D eigenvalue weighted by Crippen LogP contribution is 2.27. The molecule has 2 N–H and O–H groups in total. The largest absolute Gasteiger partial charge is 0.330 e. The van der Waals surface area contributed by atoms with Crippen molar-refractivity contribution in [1.29, 1.82) is 0 Å². The molecular weight excluding hydrogens is 262 g/mol. The van der Waals surface area contributed by atoms with E-state index >= 15 is 0 Å². The minimum absolute atomic E-state index is 0.220. The number of aromatic nitrogens is 2. The SMILES string of the molecule is Cc1cc(C)c(C)c(S(=O)(=O)Nc2ncc[nH]2)c1C. The van der Waals surface area contributed by atoms with E-state index in [0.29, 0.717) is 4.90 Å². The molecule has 19 heavy (non-hydrogen) atoms. The predicted octanol–water partition coefficient (Wildman–Crippen LogP) is 2.44. The summed E-state index contributed by atoms with van der Waals surface area (Å²) in [4.78, 5) is 6.95. The molecule has 2 aromatic rings. The zero-order valence-electron chi connectivity index (χ0n) is 11.4. The van der Waals surface area contributed by atoms with Crippen LogP contribution in [0.25, 0.3) is 0 Å². The van der Waals surface area contributed by atoms with Crippen LogP contribution in [0, 0.1) is 27.7 Å². The van der Waals surface area contributed by atoms with Gasteiger partial charge in [-0.2, -0.15) is 0 Å². The second-order valence-electron chi connectivity index (χ2n) is 4.63. The molecule has 2 rings (SSSR count). The summed E-state index contributed by atoms with van der Waals surface area (Å²) in [6, 6.07) is 2.00. The number of imidazole rings is 1. The Labute approximate surface area is 113 Å². The van der Waals surface area contributed by atoms with Gasteiger partial charge < -0.3 is 4.98 Å². The summed E-state index contributed by atoms with van der Waals surface area (Å²) in [5, 5.41) is 0. The molecule has 1 heterocycles. The van der Waals surface area contributed by atoms with Crippen molar-refractivity contribution < 1.29 is 8.42 Å². The third kappa shape index (κ3) is 2.49. The van der Waals surface area contributed by atoms with Crippen LogP contribution < -0.4 is 4.72 Å². The second kappa shape index (κ2) is 4.70. The van der Waals surface area contributed by atoms with E-state index in [4.69, 9.17) is 0 Å². The van der Waals surface area contributed by atoms with Crippen molar-refractivity contribution in [2.24, 2.45) is 0 Å². The van der Waals surface area contributed by atoms with Crippen LogP contribution in [0.1, 0.15) is 22.3 Å². The van der Waals surface area contributed by atoms with Crippen LogP contribution >= 0.6 is 0 Å². The van der Waals surface area contributed by atoms with E-state index < -0.39 is 10.0 Å². The third-order valence-electron chi connectivity index (χ3n) is 3.30. The average molecular weight is 279 g/mol. The molecule has 6 heteroatoms. The van der Waals surface area contributed by atoms with E-state index in [2.05, 4.69) is 14.7 Å². The lowest BCUT2D eigenvalue weighted by atomic mass is 10.0. The molecular formula is C13H17N3O2S. The number of aromatic amines is 1. The van der Waals surface area contributed by atoms with Gasteiger partial charge in [-0.1, -0.05) is 6.07 Å². The van der Waals surface area contributed by atoms with Gasteiger partial charge >= 0.3 is 0 Å². The fourth-order valence-electron chi connectivity index (χ4n) is 2.08.